The van der Waals surface area contributed by atoms with Gasteiger partial charge in [0.1, 0.15) is 10.8 Å². The zero-order valence-electron chi connectivity index (χ0n) is 11.5. The summed E-state index contributed by atoms with van der Waals surface area (Å²) in [5.41, 5.74) is 0.280. The lowest BCUT2D eigenvalue weighted by Gasteiger charge is -2.07. The molecule has 0 aliphatic heterocycles. The highest BCUT2D eigenvalue weighted by Gasteiger charge is 2.12. The molecule has 2 aromatic carbocycles. The summed E-state index contributed by atoms with van der Waals surface area (Å²) in [6, 6.07) is 10.9. The zero-order chi connectivity index (χ0) is 14.8. The first-order valence-corrected chi connectivity index (χ1v) is 7.36. The Labute approximate surface area is 126 Å². The van der Waals surface area contributed by atoms with Gasteiger partial charge in [0.15, 0.2) is 0 Å². The minimum absolute atomic E-state index is 0.0125. The van der Waals surface area contributed by atoms with E-state index in [4.69, 9.17) is 0 Å². The van der Waals surface area contributed by atoms with E-state index in [9.17, 15) is 9.90 Å². The Morgan fingerprint density at radius 3 is 2.67 bits per heavy atom. The lowest BCUT2D eigenvalue weighted by molar-refractivity contribution is 0.0948. The monoisotopic (exact) mass is 298 g/mol. The Balaban J connectivity index is 1.82. The molecule has 3 aromatic rings. The molecule has 3 rings (SSSR count). The van der Waals surface area contributed by atoms with Crippen LogP contribution < -0.4 is 5.32 Å². The zero-order valence-corrected chi connectivity index (χ0v) is 12.3. The molecule has 1 aromatic heterocycles. The van der Waals surface area contributed by atoms with E-state index in [1.165, 1.54) is 0 Å². The Morgan fingerprint density at radius 2 is 2.00 bits per heavy atom. The number of phenolic OH excluding ortho intramolecular Hbond substituents is 1. The smallest absolute Gasteiger partial charge is 0.255 e. The molecule has 0 radical (unpaired) electrons. The van der Waals surface area contributed by atoms with Crippen LogP contribution in [0.4, 0.5) is 0 Å². The third kappa shape index (κ3) is 2.87. The maximum absolute atomic E-state index is 12.2. The molecule has 1 amide bonds. The highest BCUT2D eigenvalue weighted by Crippen LogP contribution is 2.25. The van der Waals surface area contributed by atoms with Gasteiger partial charge in [-0.1, -0.05) is 24.3 Å². The van der Waals surface area contributed by atoms with Crippen molar-refractivity contribution in [1.29, 1.82) is 0 Å². The summed E-state index contributed by atoms with van der Waals surface area (Å²) in [7, 11) is 0. The minimum atomic E-state index is -0.300. The summed E-state index contributed by atoms with van der Waals surface area (Å²) in [5, 5.41) is 15.5. The molecule has 1 heterocycles. The van der Waals surface area contributed by atoms with E-state index >= 15 is 0 Å². The number of rotatable bonds is 3. The highest BCUT2D eigenvalue weighted by molar-refractivity contribution is 7.11. The number of benzene rings is 2. The predicted molar refractivity (Wildman–Crippen MR) is 83.6 cm³/mol. The Hall–Kier alpha value is -2.40. The van der Waals surface area contributed by atoms with Crippen molar-refractivity contribution in [3.05, 3.63) is 58.0 Å². The van der Waals surface area contributed by atoms with Gasteiger partial charge in [-0.15, -0.1) is 11.3 Å². The molecular weight excluding hydrogens is 284 g/mol. The predicted octanol–water partition coefficient (Wildman–Crippen LogP) is 3.24. The third-order valence-corrected chi connectivity index (χ3v) is 4.09. The first-order chi connectivity index (χ1) is 10.1. The molecular formula is C16H14N2O2S. The summed E-state index contributed by atoms with van der Waals surface area (Å²) in [6.45, 7) is 2.34. The normalized spacial score (nSPS) is 10.7. The van der Waals surface area contributed by atoms with Gasteiger partial charge >= 0.3 is 0 Å². The number of nitrogens with one attached hydrogen (secondary N) is 1. The minimum Gasteiger partial charge on any atom is -0.507 e. The molecule has 4 nitrogen and oxygen atoms in total. The molecule has 0 aliphatic rings. The molecule has 0 fully saturated rings. The number of aromatic hydroxyl groups is 1. The Kier molecular flexibility index (Phi) is 3.58. The van der Waals surface area contributed by atoms with Crippen molar-refractivity contribution in [1.82, 2.24) is 10.3 Å². The molecule has 0 atom stereocenters. The second-order valence-corrected chi connectivity index (χ2v) is 6.08. The van der Waals surface area contributed by atoms with Crippen LogP contribution in [0, 0.1) is 6.92 Å². The van der Waals surface area contributed by atoms with Crippen LogP contribution in [0.25, 0.3) is 10.8 Å². The van der Waals surface area contributed by atoms with Crippen LogP contribution in [0.15, 0.2) is 42.6 Å². The van der Waals surface area contributed by atoms with Gasteiger partial charge in [-0.2, -0.15) is 0 Å². The van der Waals surface area contributed by atoms with Gasteiger partial charge in [0.05, 0.1) is 12.1 Å². The number of fused-ring (bicyclic) bond motifs is 1. The second kappa shape index (κ2) is 5.54. The molecule has 0 aliphatic carbocycles. The number of nitrogens with zero attached hydrogens (tertiary/aromatic N) is 1. The number of hydrogen-bond acceptors (Lipinski definition) is 4. The fraction of sp³-hybridized carbons (Fsp3) is 0.125. The molecule has 106 valence electrons. The van der Waals surface area contributed by atoms with Crippen LogP contribution in [0.3, 0.4) is 0 Å². The fourth-order valence-electron chi connectivity index (χ4n) is 2.14. The van der Waals surface area contributed by atoms with Gasteiger partial charge in [0.2, 0.25) is 0 Å². The Morgan fingerprint density at radius 1 is 1.29 bits per heavy atom. The van der Waals surface area contributed by atoms with Crippen molar-refractivity contribution in [3.63, 3.8) is 0 Å². The molecule has 0 bridgehead atoms. The van der Waals surface area contributed by atoms with Crippen LogP contribution in [-0.2, 0) is 6.54 Å². The average Bonchev–Trinajstić information content (AvgIpc) is 2.89. The molecule has 21 heavy (non-hydrogen) atoms. The van der Waals surface area contributed by atoms with Crippen molar-refractivity contribution in [2.24, 2.45) is 0 Å². The first-order valence-electron chi connectivity index (χ1n) is 6.55. The lowest BCUT2D eigenvalue weighted by atomic mass is 10.1. The molecule has 0 unspecified atom stereocenters. The molecule has 0 saturated heterocycles. The van der Waals surface area contributed by atoms with E-state index < -0.39 is 0 Å². The molecule has 0 saturated carbocycles. The van der Waals surface area contributed by atoms with E-state index in [1.807, 2.05) is 31.2 Å². The number of aryl methyl sites for hydroxylation is 1. The van der Waals surface area contributed by atoms with Crippen LogP contribution in [0.2, 0.25) is 0 Å². The topological polar surface area (TPSA) is 62.2 Å². The van der Waals surface area contributed by atoms with E-state index in [-0.39, 0.29) is 17.2 Å². The van der Waals surface area contributed by atoms with Gasteiger partial charge in [-0.25, -0.2) is 4.98 Å². The average molecular weight is 298 g/mol. The van der Waals surface area contributed by atoms with E-state index in [0.717, 1.165) is 20.7 Å². The van der Waals surface area contributed by atoms with Gasteiger partial charge in [0.25, 0.3) is 5.91 Å². The maximum atomic E-state index is 12.2. The van der Waals surface area contributed by atoms with Gasteiger partial charge < -0.3 is 10.4 Å². The summed E-state index contributed by atoms with van der Waals surface area (Å²) < 4.78 is 0. The number of carbonyl (C=O) groups excluding carboxylic acids is 1. The molecule has 2 N–H and O–H groups in total. The Bertz CT molecular complexity index is 811. The number of phenols is 1. The number of carbonyl (C=O) groups is 1. The van der Waals surface area contributed by atoms with Crippen molar-refractivity contribution in [2.45, 2.75) is 13.5 Å². The van der Waals surface area contributed by atoms with Crippen LogP contribution >= 0.6 is 11.3 Å². The largest absolute Gasteiger partial charge is 0.507 e. The number of amides is 1. The second-order valence-electron chi connectivity index (χ2n) is 4.76. The van der Waals surface area contributed by atoms with Crippen molar-refractivity contribution in [2.75, 3.05) is 0 Å². The quantitative estimate of drug-likeness (QED) is 0.780. The van der Waals surface area contributed by atoms with Gasteiger partial charge in [-0.05, 0) is 29.8 Å². The SMILES string of the molecule is Cc1cnc(CNC(=O)c2cc3ccccc3cc2O)s1. The fourth-order valence-corrected chi connectivity index (χ4v) is 2.87. The van der Waals surface area contributed by atoms with Crippen molar-refractivity contribution >= 4 is 28.0 Å². The van der Waals surface area contributed by atoms with Crippen LogP contribution in [0.1, 0.15) is 20.2 Å². The molecule has 0 spiro atoms. The summed E-state index contributed by atoms with van der Waals surface area (Å²) in [5.74, 6) is -0.312. The first kappa shape index (κ1) is 13.6. The van der Waals surface area contributed by atoms with Crippen LogP contribution in [-0.4, -0.2) is 16.0 Å². The summed E-state index contributed by atoms with van der Waals surface area (Å²) in [4.78, 5) is 17.5. The summed E-state index contributed by atoms with van der Waals surface area (Å²) in [6.07, 6.45) is 1.78. The van der Waals surface area contributed by atoms with Gasteiger partial charge in [-0.3, -0.25) is 4.79 Å². The van der Waals surface area contributed by atoms with Crippen molar-refractivity contribution in [3.8, 4) is 5.75 Å². The van der Waals surface area contributed by atoms with E-state index in [1.54, 1.807) is 29.7 Å². The van der Waals surface area contributed by atoms with E-state index in [0.29, 0.717) is 6.54 Å². The standard InChI is InChI=1S/C16H14N2O2S/c1-10-8-17-15(21-10)9-18-16(20)13-6-11-4-2-3-5-12(11)7-14(13)19/h2-8,19H,9H2,1H3,(H,18,20). The van der Waals surface area contributed by atoms with Crippen molar-refractivity contribution < 1.29 is 9.90 Å². The lowest BCUT2D eigenvalue weighted by Crippen LogP contribution is -2.22. The highest BCUT2D eigenvalue weighted by atomic mass is 32.1. The number of thiazole rings is 1. The number of hydrogen-bond donors (Lipinski definition) is 2. The number of aromatic nitrogens is 1. The van der Waals surface area contributed by atoms with E-state index in [2.05, 4.69) is 10.3 Å². The molecule has 5 heteroatoms. The van der Waals surface area contributed by atoms with Gasteiger partial charge in [0, 0.05) is 11.1 Å². The third-order valence-electron chi connectivity index (χ3n) is 3.18. The maximum Gasteiger partial charge on any atom is 0.255 e. The summed E-state index contributed by atoms with van der Waals surface area (Å²) >= 11 is 1.54. The van der Waals surface area contributed by atoms with Crippen LogP contribution in [0.5, 0.6) is 5.75 Å².